The van der Waals surface area contributed by atoms with Crippen LogP contribution in [0.4, 0.5) is 0 Å². The van der Waals surface area contributed by atoms with Gasteiger partial charge in [0.15, 0.2) is 0 Å². The molecule has 0 heterocycles. The lowest BCUT2D eigenvalue weighted by Crippen LogP contribution is -2.51. The van der Waals surface area contributed by atoms with Crippen LogP contribution in [0.2, 0.25) is 0 Å². The van der Waals surface area contributed by atoms with E-state index in [1.807, 2.05) is 0 Å². The summed E-state index contributed by atoms with van der Waals surface area (Å²) in [6.45, 7) is 9.44. The van der Waals surface area contributed by atoms with Crippen LogP contribution in [0.5, 0.6) is 0 Å². The highest BCUT2D eigenvalue weighted by atomic mass is 16.2. The molecule has 2 rings (SSSR count). The highest BCUT2D eigenvalue weighted by molar-refractivity contribution is 5.83. The summed E-state index contributed by atoms with van der Waals surface area (Å²) in [5, 5.41) is 3.26. The summed E-state index contributed by atoms with van der Waals surface area (Å²) in [6.07, 6.45) is 7.23. The summed E-state index contributed by atoms with van der Waals surface area (Å²) >= 11 is 0. The van der Waals surface area contributed by atoms with E-state index in [2.05, 4.69) is 58.1 Å². The van der Waals surface area contributed by atoms with E-state index < -0.39 is 0 Å². The van der Waals surface area contributed by atoms with Crippen LogP contribution in [0.3, 0.4) is 0 Å². The van der Waals surface area contributed by atoms with Gasteiger partial charge in [-0.3, -0.25) is 4.79 Å². The van der Waals surface area contributed by atoms with Crippen molar-refractivity contribution < 1.29 is 4.79 Å². The summed E-state index contributed by atoms with van der Waals surface area (Å²) < 4.78 is 0. The molecule has 21 heavy (non-hydrogen) atoms. The van der Waals surface area contributed by atoms with Gasteiger partial charge in [-0.2, -0.15) is 0 Å². The number of carbonyl (C=O) groups is 1. The van der Waals surface area contributed by atoms with Crippen LogP contribution in [0.1, 0.15) is 53.4 Å². The van der Waals surface area contributed by atoms with Gasteiger partial charge in [-0.1, -0.05) is 38.3 Å². The number of likely N-dealkylation sites (N-methyl/N-ethyl adjacent to an activating group) is 1. The normalized spacial score (nSPS) is 29.3. The number of hydrogen-bond acceptors (Lipinski definition) is 2. The maximum atomic E-state index is 12.6. The predicted octanol–water partition coefficient (Wildman–Crippen LogP) is 3.22. The summed E-state index contributed by atoms with van der Waals surface area (Å²) in [4.78, 5) is 14.9. The summed E-state index contributed by atoms with van der Waals surface area (Å²) in [5.74, 6) is 0.796. The Kier molecular flexibility index (Phi) is 4.53. The Bertz CT molecular complexity index is 426. The minimum Gasteiger partial charge on any atom is -0.354 e. The molecule has 0 radical (unpaired) electrons. The molecule has 1 N–H and O–H groups in total. The Morgan fingerprint density at radius 3 is 2.29 bits per heavy atom. The molecular weight excluding hydrogens is 260 g/mol. The zero-order chi connectivity index (χ0) is 15.8. The van der Waals surface area contributed by atoms with Crippen LogP contribution in [-0.2, 0) is 4.79 Å². The van der Waals surface area contributed by atoms with E-state index >= 15 is 0 Å². The largest absolute Gasteiger partial charge is 0.354 e. The zero-order valence-electron chi connectivity index (χ0n) is 14.6. The third kappa shape index (κ3) is 3.18. The van der Waals surface area contributed by atoms with Gasteiger partial charge in [0.25, 0.3) is 0 Å². The van der Waals surface area contributed by atoms with E-state index in [0.717, 1.165) is 6.54 Å². The van der Waals surface area contributed by atoms with Gasteiger partial charge >= 0.3 is 0 Å². The summed E-state index contributed by atoms with van der Waals surface area (Å²) in [6, 6.07) is 0. The van der Waals surface area contributed by atoms with E-state index in [0.29, 0.717) is 5.92 Å². The quantitative estimate of drug-likeness (QED) is 0.789. The third-order valence-electron chi connectivity index (χ3n) is 5.78. The van der Waals surface area contributed by atoms with Gasteiger partial charge in [0.2, 0.25) is 5.91 Å². The fourth-order valence-corrected chi connectivity index (χ4v) is 4.03. The van der Waals surface area contributed by atoms with Crippen LogP contribution in [0.15, 0.2) is 11.6 Å². The number of nitrogens with zero attached hydrogens (tertiary/aromatic N) is 1. The first kappa shape index (κ1) is 16.5. The van der Waals surface area contributed by atoms with Crippen molar-refractivity contribution in [2.75, 3.05) is 20.6 Å². The first-order valence-electron chi connectivity index (χ1n) is 8.31. The second-order valence-electron chi connectivity index (χ2n) is 8.11. The van der Waals surface area contributed by atoms with E-state index in [4.69, 9.17) is 0 Å². The number of nitrogens with one attached hydrogen (secondary N) is 1. The lowest BCUT2D eigenvalue weighted by molar-refractivity contribution is -0.123. The second kappa shape index (κ2) is 5.75. The van der Waals surface area contributed by atoms with E-state index in [1.54, 1.807) is 0 Å². The average molecular weight is 292 g/mol. The van der Waals surface area contributed by atoms with Crippen LogP contribution < -0.4 is 5.32 Å². The molecule has 0 aromatic heterocycles. The third-order valence-corrected chi connectivity index (χ3v) is 5.78. The molecule has 2 atom stereocenters. The van der Waals surface area contributed by atoms with Gasteiger partial charge in [0.1, 0.15) is 0 Å². The highest BCUT2D eigenvalue weighted by Crippen LogP contribution is 2.59. The van der Waals surface area contributed by atoms with Crippen molar-refractivity contribution in [1.29, 1.82) is 0 Å². The van der Waals surface area contributed by atoms with E-state index in [1.165, 1.54) is 31.3 Å². The predicted molar refractivity (Wildman–Crippen MR) is 88.1 cm³/mol. The molecule has 2 aliphatic rings. The van der Waals surface area contributed by atoms with Crippen molar-refractivity contribution in [2.45, 2.75) is 58.9 Å². The average Bonchev–Trinajstić information content (AvgIpc) is 2.79. The van der Waals surface area contributed by atoms with Crippen molar-refractivity contribution in [3.63, 3.8) is 0 Å². The fraction of sp³-hybridized carbons (Fsp3) is 0.833. The van der Waals surface area contributed by atoms with Crippen LogP contribution in [-0.4, -0.2) is 37.0 Å². The van der Waals surface area contributed by atoms with Gasteiger partial charge in [-0.25, -0.2) is 0 Å². The standard InChI is InChI=1S/C18H32N2O/c1-13(2)11-14-15(17(14,3)4)16(21)19-12-18(20(5)6)9-7-8-10-18/h11,14-15H,7-10,12H2,1-6H3,(H,19,21)/t14-,15-/m1/s1. The molecule has 0 aromatic rings. The SMILES string of the molecule is CC(C)=C[C@@H]1[C@H](C(=O)NCC2(N(C)C)CCCC2)C1(C)C. The van der Waals surface area contributed by atoms with Crippen LogP contribution >= 0.6 is 0 Å². The van der Waals surface area contributed by atoms with Crippen molar-refractivity contribution in [1.82, 2.24) is 10.2 Å². The first-order chi connectivity index (χ1) is 9.70. The summed E-state index contributed by atoms with van der Waals surface area (Å²) in [7, 11) is 4.29. The summed E-state index contributed by atoms with van der Waals surface area (Å²) in [5.41, 5.74) is 1.60. The number of hydrogen-bond donors (Lipinski definition) is 1. The molecule has 3 nitrogen and oxygen atoms in total. The molecule has 3 heteroatoms. The second-order valence-corrected chi connectivity index (χ2v) is 8.11. The van der Waals surface area contributed by atoms with Crippen molar-refractivity contribution in [2.24, 2.45) is 17.3 Å². The minimum absolute atomic E-state index is 0.113. The van der Waals surface area contributed by atoms with Gasteiger partial charge < -0.3 is 10.2 Å². The Hall–Kier alpha value is -0.830. The monoisotopic (exact) mass is 292 g/mol. The number of rotatable bonds is 5. The highest BCUT2D eigenvalue weighted by Gasteiger charge is 2.60. The number of carbonyl (C=O) groups excluding carboxylic acids is 1. The lowest BCUT2D eigenvalue weighted by atomic mass is 9.96. The van der Waals surface area contributed by atoms with Crippen LogP contribution in [0, 0.1) is 17.3 Å². The molecule has 0 spiro atoms. The molecule has 0 bridgehead atoms. The minimum atomic E-state index is 0.113. The topological polar surface area (TPSA) is 32.3 Å². The molecule has 0 saturated heterocycles. The molecule has 2 saturated carbocycles. The van der Waals surface area contributed by atoms with Crippen molar-refractivity contribution in [3.05, 3.63) is 11.6 Å². The smallest absolute Gasteiger partial charge is 0.224 e. The number of allylic oxidation sites excluding steroid dienone is 2. The zero-order valence-corrected chi connectivity index (χ0v) is 14.6. The maximum Gasteiger partial charge on any atom is 0.224 e. The van der Waals surface area contributed by atoms with E-state index in [9.17, 15) is 4.79 Å². The molecule has 1 amide bonds. The molecule has 2 aliphatic carbocycles. The molecule has 0 aromatic carbocycles. The Morgan fingerprint density at radius 2 is 1.81 bits per heavy atom. The molecule has 0 unspecified atom stereocenters. The van der Waals surface area contributed by atoms with Crippen LogP contribution in [0.25, 0.3) is 0 Å². The van der Waals surface area contributed by atoms with Gasteiger partial charge in [-0.15, -0.1) is 0 Å². The van der Waals surface area contributed by atoms with Gasteiger partial charge in [0.05, 0.1) is 5.92 Å². The fourth-order valence-electron chi connectivity index (χ4n) is 4.03. The molecular formula is C18H32N2O. The van der Waals surface area contributed by atoms with Crippen molar-refractivity contribution >= 4 is 5.91 Å². The molecule has 0 aliphatic heterocycles. The maximum absolute atomic E-state index is 12.6. The first-order valence-corrected chi connectivity index (χ1v) is 8.31. The Morgan fingerprint density at radius 1 is 1.24 bits per heavy atom. The molecule has 120 valence electrons. The van der Waals surface area contributed by atoms with Gasteiger partial charge in [0, 0.05) is 12.1 Å². The number of amides is 1. The lowest BCUT2D eigenvalue weighted by Gasteiger charge is -2.36. The van der Waals surface area contributed by atoms with E-state index in [-0.39, 0.29) is 22.8 Å². The van der Waals surface area contributed by atoms with Crippen molar-refractivity contribution in [3.8, 4) is 0 Å². The Labute approximate surface area is 130 Å². The van der Waals surface area contributed by atoms with Gasteiger partial charge in [-0.05, 0) is 52.1 Å². The Balaban J connectivity index is 1.95. The molecule has 2 fully saturated rings.